The largest absolute Gasteiger partial charge is 0.465 e. The van der Waals surface area contributed by atoms with E-state index in [4.69, 9.17) is 16.3 Å². The predicted molar refractivity (Wildman–Crippen MR) is 86.1 cm³/mol. The summed E-state index contributed by atoms with van der Waals surface area (Å²) in [6, 6.07) is 7.07. The molecule has 0 aliphatic carbocycles. The monoisotopic (exact) mass is 319 g/mol. The average molecular weight is 320 g/mol. The number of esters is 1. The normalized spacial score (nSPS) is 16.9. The molecule has 4 nitrogen and oxygen atoms in total. The van der Waals surface area contributed by atoms with Gasteiger partial charge < -0.3 is 9.64 Å². The van der Waals surface area contributed by atoms with Gasteiger partial charge in [-0.25, -0.2) is 4.79 Å². The Morgan fingerprint density at radius 1 is 1.36 bits per heavy atom. The first-order valence-corrected chi connectivity index (χ1v) is 7.35. The van der Waals surface area contributed by atoms with Crippen molar-refractivity contribution in [2.24, 2.45) is 0 Å². The number of benzene rings is 1. The number of ether oxygens (including phenoxy) is 1. The quantitative estimate of drug-likeness (QED) is 0.633. The standard InChI is InChI=1S/C17H18ClNO3/c1-10(2)19-11(3)15(17(21)22-4)14(16(19)20)9-12-6-5-7-13(18)8-12/h5-10H,1-4H3/b14-9+. The molecule has 22 heavy (non-hydrogen) atoms. The van der Waals surface area contributed by atoms with E-state index < -0.39 is 5.97 Å². The van der Waals surface area contributed by atoms with Gasteiger partial charge in [-0.05, 0) is 44.5 Å². The molecule has 1 aromatic carbocycles. The third-order valence-electron chi connectivity index (χ3n) is 3.51. The zero-order valence-corrected chi connectivity index (χ0v) is 13.8. The van der Waals surface area contributed by atoms with E-state index >= 15 is 0 Å². The summed E-state index contributed by atoms with van der Waals surface area (Å²) < 4.78 is 4.83. The highest BCUT2D eigenvalue weighted by Crippen LogP contribution is 2.33. The topological polar surface area (TPSA) is 46.6 Å². The molecular formula is C17H18ClNO3. The molecule has 1 aliphatic rings. The van der Waals surface area contributed by atoms with Gasteiger partial charge >= 0.3 is 5.97 Å². The summed E-state index contributed by atoms with van der Waals surface area (Å²) >= 11 is 5.97. The van der Waals surface area contributed by atoms with Crippen molar-refractivity contribution < 1.29 is 14.3 Å². The maximum Gasteiger partial charge on any atom is 0.340 e. The van der Waals surface area contributed by atoms with Gasteiger partial charge in [0.25, 0.3) is 5.91 Å². The van der Waals surface area contributed by atoms with Gasteiger partial charge in [0.1, 0.15) is 0 Å². The number of nitrogens with zero attached hydrogens (tertiary/aromatic N) is 1. The molecule has 0 unspecified atom stereocenters. The summed E-state index contributed by atoms with van der Waals surface area (Å²) in [7, 11) is 1.31. The number of carbonyl (C=O) groups excluding carboxylic acids is 2. The van der Waals surface area contributed by atoms with E-state index in [1.54, 1.807) is 36.1 Å². The molecule has 0 aromatic heterocycles. The van der Waals surface area contributed by atoms with Crippen LogP contribution >= 0.6 is 11.6 Å². The van der Waals surface area contributed by atoms with Crippen molar-refractivity contribution in [1.29, 1.82) is 0 Å². The van der Waals surface area contributed by atoms with Crippen LogP contribution in [0.15, 0.2) is 41.1 Å². The van der Waals surface area contributed by atoms with Gasteiger partial charge in [-0.3, -0.25) is 4.79 Å². The molecule has 0 fully saturated rings. The van der Waals surface area contributed by atoms with E-state index in [1.807, 2.05) is 19.9 Å². The van der Waals surface area contributed by atoms with Crippen molar-refractivity contribution >= 4 is 29.6 Å². The first-order valence-electron chi connectivity index (χ1n) is 6.97. The molecule has 0 spiro atoms. The van der Waals surface area contributed by atoms with Crippen molar-refractivity contribution in [3.63, 3.8) is 0 Å². The lowest BCUT2D eigenvalue weighted by atomic mass is 10.0. The van der Waals surface area contributed by atoms with E-state index in [9.17, 15) is 9.59 Å². The van der Waals surface area contributed by atoms with Crippen LogP contribution < -0.4 is 0 Å². The zero-order chi connectivity index (χ0) is 16.4. The molecule has 5 heteroatoms. The molecule has 0 atom stereocenters. The SMILES string of the molecule is COC(=O)C1=C(C)N(C(C)C)C(=O)/C1=C/c1cccc(Cl)c1. The molecule has 1 aliphatic heterocycles. The van der Waals surface area contributed by atoms with Crippen molar-refractivity contribution in [2.75, 3.05) is 7.11 Å². The Morgan fingerprint density at radius 2 is 2.05 bits per heavy atom. The Balaban J connectivity index is 2.57. The van der Waals surface area contributed by atoms with Crippen LogP contribution in [-0.4, -0.2) is 29.9 Å². The Hall–Kier alpha value is -2.07. The third kappa shape index (κ3) is 2.92. The van der Waals surface area contributed by atoms with Crippen LogP contribution in [-0.2, 0) is 14.3 Å². The lowest BCUT2D eigenvalue weighted by molar-refractivity contribution is -0.136. The molecule has 0 saturated heterocycles. The van der Waals surface area contributed by atoms with Crippen molar-refractivity contribution in [3.05, 3.63) is 51.7 Å². The zero-order valence-electron chi connectivity index (χ0n) is 13.0. The second kappa shape index (κ2) is 6.36. The maximum atomic E-state index is 12.7. The van der Waals surface area contributed by atoms with Gasteiger partial charge in [0.05, 0.1) is 18.3 Å². The van der Waals surface area contributed by atoms with Crippen molar-refractivity contribution in [3.8, 4) is 0 Å². The van der Waals surface area contributed by atoms with Gasteiger partial charge in [0.2, 0.25) is 0 Å². The van der Waals surface area contributed by atoms with Gasteiger partial charge in [0.15, 0.2) is 0 Å². The summed E-state index contributed by atoms with van der Waals surface area (Å²) in [5.74, 6) is -0.713. The van der Waals surface area contributed by atoms with Crippen LogP contribution in [0.4, 0.5) is 0 Å². The number of hydrogen-bond donors (Lipinski definition) is 0. The smallest absolute Gasteiger partial charge is 0.340 e. The summed E-state index contributed by atoms with van der Waals surface area (Å²) in [6.07, 6.45) is 1.67. The molecule has 0 bridgehead atoms. The van der Waals surface area contributed by atoms with E-state index in [2.05, 4.69) is 0 Å². The number of halogens is 1. The molecule has 1 aromatic rings. The Morgan fingerprint density at radius 3 is 2.59 bits per heavy atom. The lowest BCUT2D eigenvalue weighted by Crippen LogP contribution is -2.31. The van der Waals surface area contributed by atoms with Crippen LogP contribution in [0.2, 0.25) is 5.02 Å². The minimum atomic E-state index is -0.512. The first kappa shape index (κ1) is 16.3. The summed E-state index contributed by atoms with van der Waals surface area (Å²) in [5.41, 5.74) is 2.01. The second-order valence-corrected chi connectivity index (χ2v) is 5.77. The number of methoxy groups -OCH3 is 1. The number of rotatable bonds is 3. The maximum absolute atomic E-state index is 12.7. The highest BCUT2D eigenvalue weighted by atomic mass is 35.5. The average Bonchev–Trinajstić information content (AvgIpc) is 2.69. The Bertz CT molecular complexity index is 689. The fourth-order valence-electron chi connectivity index (χ4n) is 2.58. The number of amides is 1. The molecule has 0 radical (unpaired) electrons. The summed E-state index contributed by atoms with van der Waals surface area (Å²) in [6.45, 7) is 5.56. The van der Waals surface area contributed by atoms with Crippen LogP contribution in [0.1, 0.15) is 26.3 Å². The number of allylic oxidation sites excluding steroid dienone is 1. The van der Waals surface area contributed by atoms with Crippen molar-refractivity contribution in [1.82, 2.24) is 4.90 Å². The Labute approximate surface area is 135 Å². The first-order chi connectivity index (χ1) is 10.4. The van der Waals surface area contributed by atoms with Crippen LogP contribution in [0, 0.1) is 0 Å². The van der Waals surface area contributed by atoms with E-state index in [1.165, 1.54) is 7.11 Å². The summed E-state index contributed by atoms with van der Waals surface area (Å²) in [5, 5.41) is 0.570. The molecule has 1 heterocycles. The van der Waals surface area contributed by atoms with Crippen LogP contribution in [0.5, 0.6) is 0 Å². The minimum Gasteiger partial charge on any atom is -0.465 e. The van der Waals surface area contributed by atoms with Gasteiger partial charge in [-0.1, -0.05) is 23.7 Å². The molecule has 116 valence electrons. The number of hydrogen-bond acceptors (Lipinski definition) is 3. The molecular weight excluding hydrogens is 302 g/mol. The van der Waals surface area contributed by atoms with E-state index in [0.717, 1.165) is 5.56 Å². The predicted octanol–water partition coefficient (Wildman–Crippen LogP) is 3.42. The fourth-order valence-corrected chi connectivity index (χ4v) is 2.78. The Kier molecular flexibility index (Phi) is 4.71. The third-order valence-corrected chi connectivity index (χ3v) is 3.74. The second-order valence-electron chi connectivity index (χ2n) is 5.33. The molecule has 2 rings (SSSR count). The van der Waals surface area contributed by atoms with Gasteiger partial charge in [-0.2, -0.15) is 0 Å². The van der Waals surface area contributed by atoms with Crippen LogP contribution in [0.25, 0.3) is 6.08 Å². The molecule has 0 N–H and O–H groups in total. The van der Waals surface area contributed by atoms with Crippen molar-refractivity contribution in [2.45, 2.75) is 26.8 Å². The number of carbonyl (C=O) groups is 2. The minimum absolute atomic E-state index is 0.0441. The highest BCUT2D eigenvalue weighted by molar-refractivity contribution is 6.30. The summed E-state index contributed by atoms with van der Waals surface area (Å²) in [4.78, 5) is 26.3. The highest BCUT2D eigenvalue weighted by Gasteiger charge is 2.38. The van der Waals surface area contributed by atoms with Gasteiger partial charge in [0, 0.05) is 16.8 Å². The fraction of sp³-hybridized carbons (Fsp3) is 0.294. The van der Waals surface area contributed by atoms with Gasteiger partial charge in [-0.15, -0.1) is 0 Å². The van der Waals surface area contributed by atoms with E-state index in [0.29, 0.717) is 21.9 Å². The lowest BCUT2D eigenvalue weighted by Gasteiger charge is -2.22. The molecule has 0 saturated carbocycles. The van der Waals surface area contributed by atoms with Crippen LogP contribution in [0.3, 0.4) is 0 Å². The molecule has 1 amide bonds. The van der Waals surface area contributed by atoms with E-state index in [-0.39, 0.29) is 11.9 Å².